The Morgan fingerprint density at radius 1 is 1.21 bits per heavy atom. The summed E-state index contributed by atoms with van der Waals surface area (Å²) in [6.45, 7) is 10.2. The van der Waals surface area contributed by atoms with E-state index in [-0.39, 0.29) is 5.97 Å². The van der Waals surface area contributed by atoms with Crippen molar-refractivity contribution in [1.82, 2.24) is 0 Å². The molecule has 1 aromatic rings. The minimum atomic E-state index is -0.378. The fourth-order valence-electron chi connectivity index (χ4n) is 1.46. The van der Waals surface area contributed by atoms with Gasteiger partial charge in [-0.3, -0.25) is 0 Å². The van der Waals surface area contributed by atoms with Crippen molar-refractivity contribution in [1.29, 1.82) is 0 Å². The Labute approximate surface area is 114 Å². The summed E-state index contributed by atoms with van der Waals surface area (Å²) in [5.41, 5.74) is 2.15. The molecule has 102 valence electrons. The van der Waals surface area contributed by atoms with Crippen LogP contribution in [0.5, 0.6) is 5.75 Å². The first-order valence-corrected chi connectivity index (χ1v) is 6.31. The summed E-state index contributed by atoms with van der Waals surface area (Å²) in [5, 5.41) is 0. The van der Waals surface area contributed by atoms with Crippen LogP contribution in [0.1, 0.15) is 25.3 Å². The molecule has 0 fully saturated rings. The van der Waals surface area contributed by atoms with Gasteiger partial charge in [0.15, 0.2) is 0 Å². The van der Waals surface area contributed by atoms with Crippen molar-refractivity contribution in [3.63, 3.8) is 0 Å². The van der Waals surface area contributed by atoms with E-state index in [9.17, 15) is 4.79 Å². The van der Waals surface area contributed by atoms with E-state index in [1.807, 2.05) is 31.2 Å². The number of unbranched alkanes of at least 4 members (excludes halogenated alkanes) is 1. The van der Waals surface area contributed by atoms with E-state index in [0.717, 1.165) is 29.7 Å². The number of esters is 1. The molecule has 3 nitrogen and oxygen atoms in total. The van der Waals surface area contributed by atoms with Crippen LogP contribution in [-0.2, 0) is 9.53 Å². The van der Waals surface area contributed by atoms with E-state index in [1.54, 1.807) is 0 Å². The summed E-state index contributed by atoms with van der Waals surface area (Å²) in [6, 6.07) is 7.84. The quantitative estimate of drug-likeness (QED) is 0.407. The molecule has 1 aromatic carbocycles. The fourth-order valence-corrected chi connectivity index (χ4v) is 1.46. The Morgan fingerprint density at radius 3 is 2.42 bits per heavy atom. The number of allylic oxidation sites excluding steroid dienone is 1. The minimum Gasteiger partial charge on any atom is -0.494 e. The molecule has 0 atom stereocenters. The molecule has 0 amide bonds. The monoisotopic (exact) mass is 260 g/mol. The lowest BCUT2D eigenvalue weighted by Crippen LogP contribution is -2.04. The first kappa shape index (κ1) is 15.0. The predicted molar refractivity (Wildman–Crippen MR) is 77.0 cm³/mol. The van der Waals surface area contributed by atoms with Crippen LogP contribution >= 0.6 is 0 Å². The highest BCUT2D eigenvalue weighted by atomic mass is 16.5. The number of carbonyl (C=O) groups excluding carboxylic acids is 1. The standard InChI is InChI=1S/C16H20O3/c1-4-16(17)19-12-6-5-11-18-15-9-7-14(8-10-15)13(2)3/h4,7-10H,1-2,5-6,11-12H2,3H3. The van der Waals surface area contributed by atoms with Crippen molar-refractivity contribution in [3.05, 3.63) is 49.1 Å². The van der Waals surface area contributed by atoms with Crippen molar-refractivity contribution in [2.45, 2.75) is 19.8 Å². The van der Waals surface area contributed by atoms with E-state index < -0.39 is 0 Å². The van der Waals surface area contributed by atoms with Crippen molar-refractivity contribution in [2.75, 3.05) is 13.2 Å². The highest BCUT2D eigenvalue weighted by Crippen LogP contribution is 2.17. The third-order valence-corrected chi connectivity index (χ3v) is 2.57. The second kappa shape index (κ2) is 8.14. The molecule has 0 aliphatic carbocycles. The lowest BCUT2D eigenvalue weighted by Gasteiger charge is -2.07. The molecular weight excluding hydrogens is 240 g/mol. The van der Waals surface area contributed by atoms with Crippen molar-refractivity contribution in [2.24, 2.45) is 0 Å². The number of rotatable bonds is 8. The van der Waals surface area contributed by atoms with Gasteiger partial charge in [-0.05, 0) is 37.5 Å². The first-order chi connectivity index (χ1) is 9.13. The van der Waals surface area contributed by atoms with Gasteiger partial charge in [0.2, 0.25) is 0 Å². The van der Waals surface area contributed by atoms with Crippen LogP contribution in [0.4, 0.5) is 0 Å². The summed E-state index contributed by atoms with van der Waals surface area (Å²) >= 11 is 0. The van der Waals surface area contributed by atoms with Crippen LogP contribution in [0.25, 0.3) is 5.57 Å². The highest BCUT2D eigenvalue weighted by Gasteiger charge is 1.98. The maximum Gasteiger partial charge on any atom is 0.330 e. The van der Waals surface area contributed by atoms with Crippen LogP contribution in [0.2, 0.25) is 0 Å². The summed E-state index contributed by atoms with van der Waals surface area (Å²) < 4.78 is 10.4. The topological polar surface area (TPSA) is 35.5 Å². The van der Waals surface area contributed by atoms with Gasteiger partial charge in [-0.2, -0.15) is 0 Å². The van der Waals surface area contributed by atoms with Crippen LogP contribution in [0.3, 0.4) is 0 Å². The molecule has 0 unspecified atom stereocenters. The third-order valence-electron chi connectivity index (χ3n) is 2.57. The number of carbonyl (C=O) groups is 1. The SMILES string of the molecule is C=CC(=O)OCCCCOc1ccc(C(=C)C)cc1. The Hall–Kier alpha value is -2.03. The molecule has 0 spiro atoms. The number of ether oxygens (including phenoxy) is 2. The summed E-state index contributed by atoms with van der Waals surface area (Å²) in [7, 11) is 0. The highest BCUT2D eigenvalue weighted by molar-refractivity contribution is 5.81. The van der Waals surface area contributed by atoms with Crippen LogP contribution < -0.4 is 4.74 Å². The largest absolute Gasteiger partial charge is 0.494 e. The van der Waals surface area contributed by atoms with Crippen LogP contribution in [0, 0.1) is 0 Å². The number of hydrogen-bond donors (Lipinski definition) is 0. The first-order valence-electron chi connectivity index (χ1n) is 6.31. The van der Waals surface area contributed by atoms with Crippen LogP contribution in [0.15, 0.2) is 43.5 Å². The van der Waals surface area contributed by atoms with Crippen molar-refractivity contribution >= 4 is 11.5 Å². The van der Waals surface area contributed by atoms with Gasteiger partial charge in [0.1, 0.15) is 5.75 Å². The molecule has 3 heteroatoms. The lowest BCUT2D eigenvalue weighted by molar-refractivity contribution is -0.137. The molecule has 0 heterocycles. The Bertz CT molecular complexity index is 432. The summed E-state index contributed by atoms with van der Waals surface area (Å²) in [5.74, 6) is 0.462. The van der Waals surface area contributed by atoms with Gasteiger partial charge in [0.25, 0.3) is 0 Å². The second-order valence-corrected chi connectivity index (χ2v) is 4.23. The zero-order valence-electron chi connectivity index (χ0n) is 11.4. The molecule has 1 rings (SSSR count). The summed E-state index contributed by atoms with van der Waals surface area (Å²) in [4.78, 5) is 10.8. The van der Waals surface area contributed by atoms with Crippen molar-refractivity contribution < 1.29 is 14.3 Å². The van der Waals surface area contributed by atoms with Gasteiger partial charge in [0, 0.05) is 6.08 Å². The van der Waals surface area contributed by atoms with Gasteiger partial charge in [-0.25, -0.2) is 4.79 Å². The molecule has 0 saturated heterocycles. The Kier molecular flexibility index (Phi) is 6.44. The third kappa shape index (κ3) is 5.91. The van der Waals surface area contributed by atoms with Gasteiger partial charge < -0.3 is 9.47 Å². The Balaban J connectivity index is 2.17. The average Bonchev–Trinajstić information content (AvgIpc) is 2.42. The van der Waals surface area contributed by atoms with Gasteiger partial charge in [-0.15, -0.1) is 0 Å². The molecule has 0 aliphatic rings. The average molecular weight is 260 g/mol. The number of hydrogen-bond acceptors (Lipinski definition) is 3. The zero-order valence-corrected chi connectivity index (χ0v) is 11.4. The zero-order chi connectivity index (χ0) is 14.1. The van der Waals surface area contributed by atoms with Crippen molar-refractivity contribution in [3.8, 4) is 5.75 Å². The normalized spacial score (nSPS) is 9.74. The van der Waals surface area contributed by atoms with E-state index in [0.29, 0.717) is 13.2 Å². The van der Waals surface area contributed by atoms with E-state index in [4.69, 9.17) is 9.47 Å². The number of benzene rings is 1. The Morgan fingerprint density at radius 2 is 1.84 bits per heavy atom. The van der Waals surface area contributed by atoms with Gasteiger partial charge in [0.05, 0.1) is 13.2 Å². The minimum absolute atomic E-state index is 0.378. The maximum atomic E-state index is 10.8. The van der Waals surface area contributed by atoms with E-state index in [2.05, 4.69) is 13.2 Å². The molecule has 0 aliphatic heterocycles. The predicted octanol–water partition coefficient (Wildman–Crippen LogP) is 3.61. The van der Waals surface area contributed by atoms with Gasteiger partial charge in [-0.1, -0.05) is 30.9 Å². The lowest BCUT2D eigenvalue weighted by atomic mass is 10.1. The molecule has 0 saturated carbocycles. The van der Waals surface area contributed by atoms with E-state index in [1.165, 1.54) is 6.08 Å². The molecule has 0 radical (unpaired) electrons. The molecule has 0 aromatic heterocycles. The second-order valence-electron chi connectivity index (χ2n) is 4.23. The smallest absolute Gasteiger partial charge is 0.330 e. The van der Waals surface area contributed by atoms with Gasteiger partial charge >= 0.3 is 5.97 Å². The molecular formula is C16H20O3. The molecule has 0 bridgehead atoms. The van der Waals surface area contributed by atoms with Crippen LogP contribution in [-0.4, -0.2) is 19.2 Å². The maximum absolute atomic E-state index is 10.8. The van der Waals surface area contributed by atoms with E-state index >= 15 is 0 Å². The summed E-state index contributed by atoms with van der Waals surface area (Å²) in [6.07, 6.45) is 2.79. The molecule has 0 N–H and O–H groups in total. The fraction of sp³-hybridized carbons (Fsp3) is 0.312. The molecule has 19 heavy (non-hydrogen) atoms.